The molecule has 116 valence electrons. The number of esters is 1. The third-order valence-corrected chi connectivity index (χ3v) is 2.31. The number of hydrogen-bond acceptors (Lipinski definition) is 3. The van der Waals surface area contributed by atoms with Crippen LogP contribution in [0.1, 0.15) is 32.4 Å². The van der Waals surface area contributed by atoms with E-state index >= 15 is 0 Å². The molecule has 0 radical (unpaired) electrons. The Morgan fingerprint density at radius 3 is 2.05 bits per heavy atom. The van der Waals surface area contributed by atoms with Crippen LogP contribution in [-0.4, -0.2) is 23.7 Å². The summed E-state index contributed by atoms with van der Waals surface area (Å²) in [4.78, 5) is 23.1. The number of carbonyl (C=O) groups is 2. The van der Waals surface area contributed by atoms with Crippen molar-refractivity contribution in [3.8, 4) is 0 Å². The Kier molecular flexibility index (Phi) is 4.98. The van der Waals surface area contributed by atoms with Crippen LogP contribution in [0.25, 0.3) is 0 Å². The van der Waals surface area contributed by atoms with E-state index < -0.39 is 29.7 Å². The van der Waals surface area contributed by atoms with Gasteiger partial charge in [0.15, 0.2) is 6.04 Å². The number of halogens is 3. The average Bonchev–Trinajstić information content (AvgIpc) is 2.33. The summed E-state index contributed by atoms with van der Waals surface area (Å²) < 4.78 is 42.1. The number of hydrogen-bond donors (Lipinski definition) is 1. The molecule has 1 aromatic rings. The van der Waals surface area contributed by atoms with Crippen molar-refractivity contribution in [2.45, 2.75) is 38.6 Å². The lowest BCUT2D eigenvalue weighted by Gasteiger charge is -2.25. The first-order valence-corrected chi connectivity index (χ1v) is 6.16. The minimum absolute atomic E-state index is 0.212. The summed E-state index contributed by atoms with van der Waals surface area (Å²) in [6.45, 7) is 4.75. The van der Waals surface area contributed by atoms with Crippen molar-refractivity contribution in [1.29, 1.82) is 0 Å². The van der Waals surface area contributed by atoms with Gasteiger partial charge in [0.05, 0.1) is 0 Å². The van der Waals surface area contributed by atoms with Crippen molar-refractivity contribution in [2.24, 2.45) is 0 Å². The third-order valence-electron chi connectivity index (χ3n) is 2.31. The number of nitrogens with one attached hydrogen (secondary N) is 1. The van der Waals surface area contributed by atoms with Gasteiger partial charge in [-0.25, -0.2) is 4.79 Å². The quantitative estimate of drug-likeness (QED) is 0.874. The van der Waals surface area contributed by atoms with Crippen LogP contribution in [0, 0.1) is 0 Å². The monoisotopic (exact) mass is 303 g/mol. The first kappa shape index (κ1) is 17.0. The fourth-order valence-corrected chi connectivity index (χ4v) is 1.50. The summed E-state index contributed by atoms with van der Waals surface area (Å²) in [6, 6.07) is 6.09. The molecule has 4 nitrogen and oxygen atoms in total. The molecule has 0 aliphatic rings. The zero-order chi connectivity index (χ0) is 16.3. The summed E-state index contributed by atoms with van der Waals surface area (Å²) in [5.74, 6) is -3.14. The lowest BCUT2D eigenvalue weighted by molar-refractivity contribution is -0.177. The summed E-state index contributed by atoms with van der Waals surface area (Å²) >= 11 is 0. The summed E-state index contributed by atoms with van der Waals surface area (Å²) in [6.07, 6.45) is -5.07. The SMILES string of the molecule is CC(C)(C)OC(=O)C(NC(=O)C(F)(F)F)c1ccccc1. The Morgan fingerprint density at radius 1 is 1.10 bits per heavy atom. The number of carbonyl (C=O) groups excluding carboxylic acids is 2. The molecule has 0 aliphatic carbocycles. The maximum absolute atomic E-state index is 12.4. The van der Waals surface area contributed by atoms with Crippen LogP contribution >= 0.6 is 0 Å². The molecule has 0 heterocycles. The van der Waals surface area contributed by atoms with Gasteiger partial charge in [0, 0.05) is 0 Å². The Morgan fingerprint density at radius 2 is 1.62 bits per heavy atom. The highest BCUT2D eigenvalue weighted by Gasteiger charge is 2.41. The number of ether oxygens (including phenoxy) is 1. The van der Waals surface area contributed by atoms with E-state index in [1.54, 1.807) is 44.3 Å². The second kappa shape index (κ2) is 6.15. The van der Waals surface area contributed by atoms with E-state index in [0.29, 0.717) is 0 Å². The molecule has 1 aromatic carbocycles. The largest absolute Gasteiger partial charge is 0.471 e. The predicted octanol–water partition coefficient (Wildman–Crippen LogP) is 2.75. The van der Waals surface area contributed by atoms with Crippen molar-refractivity contribution >= 4 is 11.9 Å². The molecule has 0 aliphatic heterocycles. The Balaban J connectivity index is 3.02. The van der Waals surface area contributed by atoms with Crippen molar-refractivity contribution < 1.29 is 27.5 Å². The van der Waals surface area contributed by atoms with Crippen molar-refractivity contribution in [3.63, 3.8) is 0 Å². The fraction of sp³-hybridized carbons (Fsp3) is 0.429. The van der Waals surface area contributed by atoms with E-state index in [1.807, 2.05) is 0 Å². The fourth-order valence-electron chi connectivity index (χ4n) is 1.50. The highest BCUT2D eigenvalue weighted by molar-refractivity contribution is 5.88. The number of alkyl halides is 3. The number of rotatable bonds is 3. The zero-order valence-electron chi connectivity index (χ0n) is 11.8. The molecule has 7 heteroatoms. The van der Waals surface area contributed by atoms with E-state index in [2.05, 4.69) is 0 Å². The van der Waals surface area contributed by atoms with E-state index in [4.69, 9.17) is 4.74 Å². The van der Waals surface area contributed by atoms with Gasteiger partial charge in [-0.2, -0.15) is 13.2 Å². The maximum atomic E-state index is 12.4. The van der Waals surface area contributed by atoms with Crippen LogP contribution in [-0.2, 0) is 14.3 Å². The molecule has 0 saturated carbocycles. The Bertz CT molecular complexity index is 506. The lowest BCUT2D eigenvalue weighted by Crippen LogP contribution is -2.43. The highest BCUT2D eigenvalue weighted by atomic mass is 19.4. The van der Waals surface area contributed by atoms with Crippen LogP contribution in [0.15, 0.2) is 30.3 Å². The van der Waals surface area contributed by atoms with E-state index in [9.17, 15) is 22.8 Å². The van der Waals surface area contributed by atoms with E-state index in [1.165, 1.54) is 12.1 Å². The van der Waals surface area contributed by atoms with Crippen LogP contribution in [0.5, 0.6) is 0 Å². The normalized spacial score (nSPS) is 13.4. The van der Waals surface area contributed by atoms with Gasteiger partial charge in [0.25, 0.3) is 0 Å². The molecule has 0 fully saturated rings. The van der Waals surface area contributed by atoms with Gasteiger partial charge in [-0.05, 0) is 26.3 Å². The van der Waals surface area contributed by atoms with Crippen LogP contribution in [0.4, 0.5) is 13.2 Å². The van der Waals surface area contributed by atoms with Gasteiger partial charge < -0.3 is 10.1 Å². The van der Waals surface area contributed by atoms with Gasteiger partial charge >= 0.3 is 18.1 Å². The molecule has 1 amide bonds. The Hall–Kier alpha value is -2.05. The molecule has 0 aromatic heterocycles. The lowest BCUT2D eigenvalue weighted by atomic mass is 10.1. The van der Waals surface area contributed by atoms with Gasteiger partial charge in [-0.1, -0.05) is 30.3 Å². The number of benzene rings is 1. The van der Waals surface area contributed by atoms with Gasteiger partial charge in [0.2, 0.25) is 0 Å². The Labute approximate surface area is 120 Å². The molecule has 21 heavy (non-hydrogen) atoms. The topological polar surface area (TPSA) is 55.4 Å². The van der Waals surface area contributed by atoms with E-state index in [-0.39, 0.29) is 5.56 Å². The van der Waals surface area contributed by atoms with Gasteiger partial charge in [-0.15, -0.1) is 0 Å². The second-order valence-corrected chi connectivity index (χ2v) is 5.35. The molecule has 1 N–H and O–H groups in total. The molecule has 0 spiro atoms. The van der Waals surface area contributed by atoms with Crippen molar-refractivity contribution in [2.75, 3.05) is 0 Å². The molecule has 0 saturated heterocycles. The summed E-state index contributed by atoms with van der Waals surface area (Å²) in [5, 5.41) is 1.66. The van der Waals surface area contributed by atoms with Crippen LogP contribution < -0.4 is 5.32 Å². The van der Waals surface area contributed by atoms with Gasteiger partial charge in [0.1, 0.15) is 5.60 Å². The molecule has 1 unspecified atom stereocenters. The smallest absolute Gasteiger partial charge is 0.458 e. The second-order valence-electron chi connectivity index (χ2n) is 5.35. The van der Waals surface area contributed by atoms with Crippen molar-refractivity contribution in [3.05, 3.63) is 35.9 Å². The van der Waals surface area contributed by atoms with E-state index in [0.717, 1.165) is 0 Å². The summed E-state index contributed by atoms with van der Waals surface area (Å²) in [5.41, 5.74) is -0.670. The van der Waals surface area contributed by atoms with Crippen LogP contribution in [0.2, 0.25) is 0 Å². The molecule has 1 atom stereocenters. The molecule has 0 bridgehead atoms. The third kappa shape index (κ3) is 5.45. The van der Waals surface area contributed by atoms with Crippen molar-refractivity contribution in [1.82, 2.24) is 5.32 Å². The van der Waals surface area contributed by atoms with Gasteiger partial charge in [-0.3, -0.25) is 4.79 Å². The standard InChI is InChI=1S/C14H16F3NO3/c1-13(2,3)21-11(19)10(9-7-5-4-6-8-9)18-12(20)14(15,16)17/h4-8,10H,1-3H3,(H,18,20). The van der Waals surface area contributed by atoms with Crippen LogP contribution in [0.3, 0.4) is 0 Å². The molecular formula is C14H16F3NO3. The minimum atomic E-state index is -5.07. The zero-order valence-corrected chi connectivity index (χ0v) is 11.8. The first-order valence-electron chi connectivity index (χ1n) is 6.16. The highest BCUT2D eigenvalue weighted by Crippen LogP contribution is 2.21. The predicted molar refractivity (Wildman–Crippen MR) is 69.2 cm³/mol. The number of amides is 1. The first-order chi connectivity index (χ1) is 9.50. The summed E-state index contributed by atoms with van der Waals surface area (Å²) in [7, 11) is 0. The maximum Gasteiger partial charge on any atom is 0.471 e. The minimum Gasteiger partial charge on any atom is -0.458 e. The molecule has 1 rings (SSSR count). The molecular weight excluding hydrogens is 287 g/mol. The average molecular weight is 303 g/mol.